The summed E-state index contributed by atoms with van der Waals surface area (Å²) in [4.78, 5) is 25.3. The number of nitrogens with one attached hydrogen (secondary N) is 2. The van der Waals surface area contributed by atoms with E-state index in [1.54, 1.807) is 19.3 Å². The summed E-state index contributed by atoms with van der Waals surface area (Å²) in [7, 11) is 0. The van der Waals surface area contributed by atoms with E-state index in [-0.39, 0.29) is 5.91 Å². The van der Waals surface area contributed by atoms with Crippen LogP contribution in [-0.2, 0) is 4.79 Å². The van der Waals surface area contributed by atoms with Crippen molar-refractivity contribution < 1.29 is 4.79 Å². The standard InChI is InChI=1S/C27H21N5O/c1-2-6-26(33)31-21-8-5-9-22(15-21)32-27-23-14-18(11-12-25(23)29-17-30-27)20-13-19-7-3-4-10-24(19)28-16-20/h2-17H,1H3,(H,31,33)(H,29,30,32). The van der Waals surface area contributed by atoms with Gasteiger partial charge in [0.1, 0.15) is 12.1 Å². The Hall–Kier alpha value is -4.58. The van der Waals surface area contributed by atoms with Crippen LogP contribution in [0.5, 0.6) is 0 Å². The zero-order valence-corrected chi connectivity index (χ0v) is 18.0. The van der Waals surface area contributed by atoms with E-state index in [0.29, 0.717) is 11.5 Å². The second kappa shape index (κ2) is 8.88. The monoisotopic (exact) mass is 431 g/mol. The van der Waals surface area contributed by atoms with Gasteiger partial charge in [0.15, 0.2) is 0 Å². The fraction of sp³-hybridized carbons (Fsp3) is 0.0370. The molecule has 1 amide bonds. The Morgan fingerprint density at radius 2 is 1.70 bits per heavy atom. The Bertz CT molecular complexity index is 1510. The van der Waals surface area contributed by atoms with Gasteiger partial charge in [0, 0.05) is 33.9 Å². The number of hydrogen-bond donors (Lipinski definition) is 2. The summed E-state index contributed by atoms with van der Waals surface area (Å²) in [5.41, 5.74) is 5.37. The lowest BCUT2D eigenvalue weighted by Gasteiger charge is -2.11. The Kier molecular flexibility index (Phi) is 5.47. The third-order valence-electron chi connectivity index (χ3n) is 5.27. The van der Waals surface area contributed by atoms with Gasteiger partial charge in [-0.15, -0.1) is 0 Å². The van der Waals surface area contributed by atoms with Crippen molar-refractivity contribution in [3.63, 3.8) is 0 Å². The third-order valence-corrected chi connectivity index (χ3v) is 5.27. The number of anilines is 3. The molecule has 2 aromatic heterocycles. The van der Waals surface area contributed by atoms with E-state index < -0.39 is 0 Å². The van der Waals surface area contributed by atoms with Crippen LogP contribution in [0.15, 0.2) is 97.5 Å². The van der Waals surface area contributed by atoms with Crippen molar-refractivity contribution in [3.05, 3.63) is 97.5 Å². The second-order valence-corrected chi connectivity index (χ2v) is 7.57. The zero-order valence-electron chi connectivity index (χ0n) is 18.0. The third kappa shape index (κ3) is 4.41. The molecule has 5 aromatic rings. The summed E-state index contributed by atoms with van der Waals surface area (Å²) in [5.74, 6) is 0.517. The van der Waals surface area contributed by atoms with Gasteiger partial charge in [-0.2, -0.15) is 0 Å². The number of benzene rings is 3. The Morgan fingerprint density at radius 1 is 0.818 bits per heavy atom. The summed E-state index contributed by atoms with van der Waals surface area (Å²) >= 11 is 0. The molecule has 33 heavy (non-hydrogen) atoms. The Morgan fingerprint density at radius 3 is 2.61 bits per heavy atom. The summed E-state index contributed by atoms with van der Waals surface area (Å²) in [5, 5.41) is 8.20. The van der Waals surface area contributed by atoms with Crippen molar-refractivity contribution in [2.75, 3.05) is 10.6 Å². The highest BCUT2D eigenvalue weighted by atomic mass is 16.1. The first kappa shape index (κ1) is 20.3. The Labute approximate surface area is 191 Å². The van der Waals surface area contributed by atoms with Gasteiger partial charge < -0.3 is 10.6 Å². The number of pyridine rings is 1. The maximum Gasteiger partial charge on any atom is 0.248 e. The molecule has 0 aliphatic rings. The number of allylic oxidation sites excluding steroid dienone is 1. The van der Waals surface area contributed by atoms with Crippen LogP contribution in [0.4, 0.5) is 17.2 Å². The summed E-state index contributed by atoms with van der Waals surface area (Å²) < 4.78 is 0. The van der Waals surface area contributed by atoms with Gasteiger partial charge in [-0.3, -0.25) is 9.78 Å². The highest BCUT2D eigenvalue weighted by molar-refractivity contribution is 6.00. The van der Waals surface area contributed by atoms with Crippen molar-refractivity contribution in [2.24, 2.45) is 0 Å². The number of carbonyl (C=O) groups is 1. The number of para-hydroxylation sites is 1. The van der Waals surface area contributed by atoms with E-state index in [4.69, 9.17) is 0 Å². The van der Waals surface area contributed by atoms with Crippen LogP contribution in [0.1, 0.15) is 6.92 Å². The van der Waals surface area contributed by atoms with Crippen LogP contribution < -0.4 is 10.6 Å². The predicted molar refractivity (Wildman–Crippen MR) is 133 cm³/mol. The average Bonchev–Trinajstić information content (AvgIpc) is 2.84. The van der Waals surface area contributed by atoms with Crippen molar-refractivity contribution >= 4 is 44.9 Å². The molecule has 6 heteroatoms. The molecule has 0 fully saturated rings. The summed E-state index contributed by atoms with van der Waals surface area (Å²) in [6.45, 7) is 1.81. The van der Waals surface area contributed by atoms with Gasteiger partial charge in [-0.25, -0.2) is 9.97 Å². The first-order valence-electron chi connectivity index (χ1n) is 10.6. The van der Waals surface area contributed by atoms with E-state index in [9.17, 15) is 4.79 Å². The second-order valence-electron chi connectivity index (χ2n) is 7.57. The minimum Gasteiger partial charge on any atom is -0.340 e. The van der Waals surface area contributed by atoms with Gasteiger partial charge in [0.05, 0.1) is 11.0 Å². The maximum atomic E-state index is 11.9. The molecule has 0 saturated heterocycles. The first-order valence-corrected chi connectivity index (χ1v) is 10.6. The molecule has 0 radical (unpaired) electrons. The van der Waals surface area contributed by atoms with Crippen molar-refractivity contribution in [1.82, 2.24) is 15.0 Å². The number of hydrogen-bond acceptors (Lipinski definition) is 5. The largest absolute Gasteiger partial charge is 0.340 e. The van der Waals surface area contributed by atoms with E-state index in [0.717, 1.165) is 38.6 Å². The SMILES string of the molecule is CC=CC(=O)Nc1cccc(Nc2ncnc3ccc(-c4cnc5ccccc5c4)cc23)c1. The van der Waals surface area contributed by atoms with Crippen LogP contribution in [0.2, 0.25) is 0 Å². The van der Waals surface area contributed by atoms with E-state index in [1.807, 2.05) is 60.8 Å². The molecule has 0 unspecified atom stereocenters. The fourth-order valence-electron chi connectivity index (χ4n) is 3.71. The maximum absolute atomic E-state index is 11.9. The molecule has 0 aliphatic carbocycles. The number of carbonyl (C=O) groups excluding carboxylic acids is 1. The topological polar surface area (TPSA) is 79.8 Å². The van der Waals surface area contributed by atoms with E-state index in [1.165, 1.54) is 6.08 Å². The molecule has 0 bridgehead atoms. The quantitative estimate of drug-likeness (QED) is 0.329. The van der Waals surface area contributed by atoms with Gasteiger partial charge in [-0.1, -0.05) is 36.4 Å². The normalized spacial score (nSPS) is 11.2. The van der Waals surface area contributed by atoms with E-state index in [2.05, 4.69) is 43.8 Å². The van der Waals surface area contributed by atoms with Gasteiger partial charge in [0.2, 0.25) is 5.91 Å². The van der Waals surface area contributed by atoms with Crippen LogP contribution in [-0.4, -0.2) is 20.9 Å². The predicted octanol–water partition coefficient (Wildman–Crippen LogP) is 6.10. The number of amides is 1. The molecule has 0 aliphatic heterocycles. The minimum atomic E-state index is -0.171. The van der Waals surface area contributed by atoms with Crippen LogP contribution in [0.25, 0.3) is 32.9 Å². The van der Waals surface area contributed by atoms with Crippen molar-refractivity contribution in [3.8, 4) is 11.1 Å². The molecular formula is C27H21N5O. The first-order chi connectivity index (χ1) is 16.2. The highest BCUT2D eigenvalue weighted by Crippen LogP contribution is 2.30. The molecule has 0 atom stereocenters. The molecule has 6 nitrogen and oxygen atoms in total. The van der Waals surface area contributed by atoms with Gasteiger partial charge in [-0.05, 0) is 61.0 Å². The van der Waals surface area contributed by atoms with Gasteiger partial charge in [0.25, 0.3) is 0 Å². The minimum absolute atomic E-state index is 0.171. The molecular weight excluding hydrogens is 410 g/mol. The zero-order chi connectivity index (χ0) is 22.6. The molecule has 5 rings (SSSR count). The number of rotatable bonds is 5. The lowest BCUT2D eigenvalue weighted by Crippen LogP contribution is -2.07. The number of fused-ring (bicyclic) bond motifs is 2. The van der Waals surface area contributed by atoms with Crippen LogP contribution in [0.3, 0.4) is 0 Å². The molecule has 0 spiro atoms. The highest BCUT2D eigenvalue weighted by Gasteiger charge is 2.08. The lowest BCUT2D eigenvalue weighted by molar-refractivity contribution is -0.111. The molecule has 2 N–H and O–H groups in total. The smallest absolute Gasteiger partial charge is 0.248 e. The molecule has 3 aromatic carbocycles. The summed E-state index contributed by atoms with van der Waals surface area (Å²) in [6.07, 6.45) is 6.62. The average molecular weight is 431 g/mol. The number of aromatic nitrogens is 3. The van der Waals surface area contributed by atoms with Crippen LogP contribution in [0, 0.1) is 0 Å². The summed E-state index contributed by atoms with van der Waals surface area (Å²) in [6, 6.07) is 23.8. The number of nitrogens with zero attached hydrogens (tertiary/aromatic N) is 3. The Balaban J connectivity index is 1.49. The fourth-order valence-corrected chi connectivity index (χ4v) is 3.71. The van der Waals surface area contributed by atoms with Gasteiger partial charge >= 0.3 is 0 Å². The lowest BCUT2D eigenvalue weighted by atomic mass is 10.0. The molecule has 160 valence electrons. The molecule has 2 heterocycles. The van der Waals surface area contributed by atoms with Crippen LogP contribution >= 0.6 is 0 Å². The molecule has 0 saturated carbocycles. The van der Waals surface area contributed by atoms with E-state index >= 15 is 0 Å². The van der Waals surface area contributed by atoms with Crippen molar-refractivity contribution in [2.45, 2.75) is 6.92 Å². The van der Waals surface area contributed by atoms with Crippen molar-refractivity contribution in [1.29, 1.82) is 0 Å².